The van der Waals surface area contributed by atoms with E-state index in [1.165, 1.54) is 0 Å². The number of benzene rings is 2. The summed E-state index contributed by atoms with van der Waals surface area (Å²) in [6, 6.07) is 8.65. The largest absolute Gasteiger partial charge is 0.593 e. The van der Waals surface area contributed by atoms with E-state index in [9.17, 15) is 9.35 Å². The molecule has 8 heteroatoms. The molecular formula is C19H21ClN2O4S. The molecular weight excluding hydrogens is 388 g/mol. The first-order chi connectivity index (χ1) is 12.9. The molecule has 0 saturated carbocycles. The van der Waals surface area contributed by atoms with Gasteiger partial charge in [-0.25, -0.2) is 0 Å². The minimum atomic E-state index is -1.07. The van der Waals surface area contributed by atoms with E-state index in [-0.39, 0.29) is 5.91 Å². The van der Waals surface area contributed by atoms with Crippen molar-refractivity contribution in [2.75, 3.05) is 36.1 Å². The van der Waals surface area contributed by atoms with Gasteiger partial charge in [0.1, 0.15) is 17.3 Å². The number of carbonyl (C=O) groups excluding carboxylic acids is 1. The number of halogens is 1. The van der Waals surface area contributed by atoms with Gasteiger partial charge in [-0.05, 0) is 24.6 Å². The zero-order valence-corrected chi connectivity index (χ0v) is 16.9. The second kappa shape index (κ2) is 8.29. The normalized spacial score (nSPS) is 16.3. The maximum absolute atomic E-state index is 12.9. The lowest BCUT2D eigenvalue weighted by atomic mass is 10.1. The van der Waals surface area contributed by atoms with Crippen LogP contribution in [0.2, 0.25) is 5.02 Å². The van der Waals surface area contributed by atoms with Crippen molar-refractivity contribution in [3.05, 3.63) is 46.5 Å². The first kappa shape index (κ1) is 19.7. The predicted molar refractivity (Wildman–Crippen MR) is 109 cm³/mol. The van der Waals surface area contributed by atoms with Crippen molar-refractivity contribution in [1.82, 2.24) is 0 Å². The fraction of sp³-hybridized carbons (Fsp3) is 0.316. The Morgan fingerprint density at radius 3 is 2.41 bits per heavy atom. The van der Waals surface area contributed by atoms with Crippen molar-refractivity contribution < 1.29 is 18.8 Å². The average molecular weight is 409 g/mol. The van der Waals surface area contributed by atoms with Gasteiger partial charge in [0.15, 0.2) is 0 Å². The number of aryl methyl sites for hydroxylation is 1. The second-order valence-electron chi connectivity index (χ2n) is 6.16. The molecule has 144 valence electrons. The first-order valence-corrected chi connectivity index (χ1v) is 10.1. The van der Waals surface area contributed by atoms with Crippen LogP contribution in [0.5, 0.6) is 11.5 Å². The first-order valence-electron chi connectivity index (χ1n) is 8.43. The van der Waals surface area contributed by atoms with Gasteiger partial charge in [-0.1, -0.05) is 11.6 Å². The van der Waals surface area contributed by atoms with Gasteiger partial charge < -0.3 is 19.3 Å². The highest BCUT2D eigenvalue weighted by Gasteiger charge is 2.28. The van der Waals surface area contributed by atoms with Crippen molar-refractivity contribution in [2.45, 2.75) is 13.3 Å². The smallest absolute Gasteiger partial charge is 0.257 e. The van der Waals surface area contributed by atoms with Gasteiger partial charge in [-0.15, -0.1) is 0 Å². The average Bonchev–Trinajstić information content (AvgIpc) is 3.09. The molecule has 1 N–H and O–H groups in total. The summed E-state index contributed by atoms with van der Waals surface area (Å²) in [4.78, 5) is 12.9. The number of ether oxygens (including phenoxy) is 2. The van der Waals surface area contributed by atoms with Gasteiger partial charge in [0.05, 0.1) is 48.4 Å². The Kier molecular flexibility index (Phi) is 6.04. The maximum Gasteiger partial charge on any atom is 0.257 e. The second-order valence-corrected chi connectivity index (χ2v) is 8.03. The molecule has 3 rings (SSSR count). The zero-order chi connectivity index (χ0) is 19.6. The zero-order valence-electron chi connectivity index (χ0n) is 15.4. The highest BCUT2D eigenvalue weighted by atomic mass is 35.5. The van der Waals surface area contributed by atoms with Crippen LogP contribution in [0.4, 0.5) is 11.4 Å². The highest BCUT2D eigenvalue weighted by Crippen LogP contribution is 2.32. The fourth-order valence-corrected chi connectivity index (χ4v) is 4.39. The number of anilines is 2. The third kappa shape index (κ3) is 4.26. The Bertz CT molecular complexity index is 840. The number of nitrogens with one attached hydrogen (secondary N) is 1. The van der Waals surface area contributed by atoms with Crippen LogP contribution in [-0.4, -0.2) is 37.0 Å². The molecule has 27 heavy (non-hydrogen) atoms. The lowest BCUT2D eigenvalue weighted by molar-refractivity contribution is 0.102. The van der Waals surface area contributed by atoms with Gasteiger partial charge >= 0.3 is 0 Å². The SMILES string of the molecule is COc1cc(NC(=O)c2cc(N3CCC[S+]3[O-])cc(C)c2Cl)cc(OC)c1. The summed E-state index contributed by atoms with van der Waals surface area (Å²) in [6.07, 6.45) is 0.861. The quantitative estimate of drug-likeness (QED) is 0.762. The molecule has 1 atom stereocenters. The minimum absolute atomic E-state index is 0.331. The topological polar surface area (TPSA) is 73.9 Å². The van der Waals surface area contributed by atoms with Gasteiger partial charge in [0, 0.05) is 30.3 Å². The van der Waals surface area contributed by atoms with E-state index < -0.39 is 11.4 Å². The monoisotopic (exact) mass is 408 g/mol. The number of amides is 1. The van der Waals surface area contributed by atoms with Gasteiger partial charge in [-0.2, -0.15) is 4.31 Å². The van der Waals surface area contributed by atoms with Crippen molar-refractivity contribution in [3.63, 3.8) is 0 Å². The molecule has 0 aliphatic carbocycles. The van der Waals surface area contributed by atoms with Crippen molar-refractivity contribution in [2.24, 2.45) is 0 Å². The third-order valence-electron chi connectivity index (χ3n) is 4.31. The molecule has 1 aliphatic heterocycles. The van der Waals surface area contributed by atoms with E-state index in [1.54, 1.807) is 42.8 Å². The summed E-state index contributed by atoms with van der Waals surface area (Å²) in [7, 11) is 3.08. The molecule has 0 aromatic heterocycles. The van der Waals surface area contributed by atoms with Crippen molar-refractivity contribution in [3.8, 4) is 11.5 Å². The summed E-state index contributed by atoms with van der Waals surface area (Å²) in [5, 5.41) is 3.20. The van der Waals surface area contributed by atoms with E-state index in [0.717, 1.165) is 17.7 Å². The molecule has 6 nitrogen and oxygen atoms in total. The molecule has 2 aromatic rings. The van der Waals surface area contributed by atoms with E-state index in [0.29, 0.717) is 40.1 Å². The fourth-order valence-electron chi connectivity index (χ4n) is 2.93. The van der Waals surface area contributed by atoms with E-state index in [4.69, 9.17) is 21.1 Å². The van der Waals surface area contributed by atoms with Crippen LogP contribution in [0.15, 0.2) is 30.3 Å². The van der Waals surface area contributed by atoms with E-state index in [1.807, 2.05) is 13.0 Å². The van der Waals surface area contributed by atoms with Crippen LogP contribution < -0.4 is 19.1 Å². The van der Waals surface area contributed by atoms with Crippen LogP contribution in [0, 0.1) is 6.92 Å². The number of nitrogens with zero attached hydrogens (tertiary/aromatic N) is 1. The maximum atomic E-state index is 12.9. The summed E-state index contributed by atoms with van der Waals surface area (Å²) in [5.74, 6) is 1.40. The van der Waals surface area contributed by atoms with Crippen LogP contribution in [0.25, 0.3) is 0 Å². The molecule has 1 heterocycles. The van der Waals surface area contributed by atoms with Gasteiger partial charge in [0.2, 0.25) is 0 Å². The summed E-state index contributed by atoms with van der Waals surface area (Å²) in [5.41, 5.74) is 2.35. The van der Waals surface area contributed by atoms with Crippen LogP contribution in [0.1, 0.15) is 22.3 Å². The molecule has 1 saturated heterocycles. The molecule has 2 aromatic carbocycles. The number of rotatable bonds is 5. The lowest BCUT2D eigenvalue weighted by Gasteiger charge is -2.20. The molecule has 0 bridgehead atoms. The lowest BCUT2D eigenvalue weighted by Crippen LogP contribution is -2.25. The van der Waals surface area contributed by atoms with Crippen molar-refractivity contribution >= 4 is 40.2 Å². The van der Waals surface area contributed by atoms with Crippen molar-refractivity contribution in [1.29, 1.82) is 0 Å². The standard InChI is InChI=1S/C19H21ClN2O4S/c1-12-7-14(22-5-4-6-27(22)24)10-17(18(12)20)19(23)21-13-8-15(25-2)11-16(9-13)26-3/h7-11H,4-6H2,1-3H3,(H,21,23). The Hall–Kier alpha value is -2.09. The molecule has 0 spiro atoms. The molecule has 1 unspecified atom stereocenters. The Morgan fingerprint density at radius 2 is 1.85 bits per heavy atom. The van der Waals surface area contributed by atoms with Crippen LogP contribution in [0.3, 0.4) is 0 Å². The van der Waals surface area contributed by atoms with Crippen LogP contribution >= 0.6 is 11.6 Å². The summed E-state index contributed by atoms with van der Waals surface area (Å²) < 4.78 is 24.4. The number of hydrogen-bond acceptors (Lipinski definition) is 5. The number of hydrogen-bond donors (Lipinski definition) is 1. The van der Waals surface area contributed by atoms with E-state index in [2.05, 4.69) is 5.32 Å². The molecule has 1 aliphatic rings. The minimum Gasteiger partial charge on any atom is -0.593 e. The Labute approximate surface area is 166 Å². The van der Waals surface area contributed by atoms with Crippen LogP contribution in [-0.2, 0) is 11.4 Å². The third-order valence-corrected chi connectivity index (χ3v) is 6.33. The summed E-state index contributed by atoms with van der Waals surface area (Å²) >= 11 is 5.31. The highest BCUT2D eigenvalue weighted by molar-refractivity contribution is 7.93. The summed E-state index contributed by atoms with van der Waals surface area (Å²) in [6.45, 7) is 2.53. The number of methoxy groups -OCH3 is 2. The molecule has 1 fully saturated rings. The van der Waals surface area contributed by atoms with Gasteiger partial charge in [0.25, 0.3) is 5.91 Å². The van der Waals surface area contributed by atoms with Gasteiger partial charge in [-0.3, -0.25) is 4.79 Å². The number of carbonyl (C=O) groups is 1. The molecule has 0 radical (unpaired) electrons. The van der Waals surface area contributed by atoms with E-state index >= 15 is 0 Å². The Balaban J connectivity index is 1.91. The molecule has 1 amide bonds. The predicted octanol–water partition coefficient (Wildman–Crippen LogP) is 3.79. The Morgan fingerprint density at radius 1 is 1.19 bits per heavy atom.